The highest BCUT2D eigenvalue weighted by atomic mass is 32.1. The van der Waals surface area contributed by atoms with Crippen molar-refractivity contribution in [2.45, 2.75) is 25.8 Å². The summed E-state index contributed by atoms with van der Waals surface area (Å²) in [7, 11) is 0. The fraction of sp³-hybridized carbons (Fsp3) is 0.636. The van der Waals surface area contributed by atoms with E-state index in [0.717, 1.165) is 19.6 Å². The Kier molecular flexibility index (Phi) is 3.96. The molecule has 2 heterocycles. The van der Waals surface area contributed by atoms with Crippen LogP contribution in [-0.2, 0) is 0 Å². The number of thiazole rings is 1. The van der Waals surface area contributed by atoms with Gasteiger partial charge in [-0.15, -0.1) is 11.3 Å². The van der Waals surface area contributed by atoms with Gasteiger partial charge in [0, 0.05) is 12.6 Å². The Morgan fingerprint density at radius 2 is 2.59 bits per heavy atom. The Bertz CT molecular complexity index is 394. The van der Waals surface area contributed by atoms with Crippen molar-refractivity contribution >= 4 is 22.3 Å². The number of hydrogen-bond acceptors (Lipinski definition) is 5. The van der Waals surface area contributed by atoms with E-state index in [1.807, 2.05) is 0 Å². The lowest BCUT2D eigenvalue weighted by atomic mass is 10.2. The molecule has 6 heteroatoms. The van der Waals surface area contributed by atoms with Crippen molar-refractivity contribution in [3.63, 3.8) is 0 Å². The van der Waals surface area contributed by atoms with Gasteiger partial charge in [-0.05, 0) is 25.9 Å². The molecule has 0 spiro atoms. The van der Waals surface area contributed by atoms with Gasteiger partial charge in [-0.25, -0.2) is 9.78 Å². The molecule has 1 aliphatic rings. The van der Waals surface area contributed by atoms with E-state index in [1.165, 1.54) is 24.2 Å². The summed E-state index contributed by atoms with van der Waals surface area (Å²) in [6, 6.07) is 0.517. The second kappa shape index (κ2) is 5.46. The summed E-state index contributed by atoms with van der Waals surface area (Å²) in [4.78, 5) is 17.2. The number of rotatable bonds is 5. The molecule has 0 radical (unpaired) electrons. The Morgan fingerprint density at radius 3 is 3.29 bits per heavy atom. The molecule has 1 fully saturated rings. The van der Waals surface area contributed by atoms with E-state index in [2.05, 4.69) is 22.1 Å². The minimum absolute atomic E-state index is 0.135. The predicted octanol–water partition coefficient (Wildman–Crippen LogP) is 1.74. The number of carboxylic acids is 1. The monoisotopic (exact) mass is 255 g/mol. The first-order valence-electron chi connectivity index (χ1n) is 5.87. The van der Waals surface area contributed by atoms with E-state index in [0.29, 0.717) is 11.0 Å². The van der Waals surface area contributed by atoms with Gasteiger partial charge in [0.25, 0.3) is 0 Å². The number of likely N-dealkylation sites (tertiary alicyclic amines) is 1. The highest BCUT2D eigenvalue weighted by Gasteiger charge is 2.23. The predicted molar refractivity (Wildman–Crippen MR) is 67.8 cm³/mol. The topological polar surface area (TPSA) is 65.5 Å². The standard InChI is InChI=1S/C11H17N3O2S/c1-2-14-5-3-4-8(14)6-12-10-9(11(15)16)13-7-17-10/h7-8,12H,2-6H2,1H3,(H,15,16). The molecule has 0 amide bonds. The number of nitrogens with zero attached hydrogens (tertiary/aromatic N) is 2. The fourth-order valence-electron chi connectivity index (χ4n) is 2.28. The highest BCUT2D eigenvalue weighted by molar-refractivity contribution is 7.14. The summed E-state index contributed by atoms with van der Waals surface area (Å²) < 4.78 is 0. The second-order valence-electron chi connectivity index (χ2n) is 4.14. The first-order valence-corrected chi connectivity index (χ1v) is 6.75. The van der Waals surface area contributed by atoms with Crippen molar-refractivity contribution in [3.8, 4) is 0 Å². The smallest absolute Gasteiger partial charge is 0.357 e. The number of hydrogen-bond donors (Lipinski definition) is 2. The van der Waals surface area contributed by atoms with Crippen LogP contribution < -0.4 is 5.32 Å². The summed E-state index contributed by atoms with van der Waals surface area (Å²) in [6.07, 6.45) is 2.41. The molecule has 1 aromatic rings. The molecule has 2 rings (SSSR count). The molecular weight excluding hydrogens is 238 g/mol. The number of likely N-dealkylation sites (N-methyl/N-ethyl adjacent to an activating group) is 1. The van der Waals surface area contributed by atoms with Crippen molar-refractivity contribution in [1.82, 2.24) is 9.88 Å². The van der Waals surface area contributed by atoms with Gasteiger partial charge in [-0.1, -0.05) is 6.92 Å². The van der Waals surface area contributed by atoms with Gasteiger partial charge in [-0.3, -0.25) is 4.90 Å². The van der Waals surface area contributed by atoms with Gasteiger partial charge < -0.3 is 10.4 Å². The molecule has 0 aliphatic carbocycles. The quantitative estimate of drug-likeness (QED) is 0.839. The Morgan fingerprint density at radius 1 is 1.76 bits per heavy atom. The van der Waals surface area contributed by atoms with Gasteiger partial charge in [0.05, 0.1) is 5.51 Å². The van der Waals surface area contributed by atoms with Gasteiger partial charge >= 0.3 is 5.97 Å². The van der Waals surface area contributed by atoms with Crippen LogP contribution in [-0.4, -0.2) is 46.6 Å². The van der Waals surface area contributed by atoms with Crippen molar-refractivity contribution in [2.24, 2.45) is 0 Å². The Labute approximate surface area is 104 Å². The highest BCUT2D eigenvalue weighted by Crippen LogP contribution is 2.22. The molecule has 17 heavy (non-hydrogen) atoms. The molecule has 1 atom stereocenters. The third-order valence-electron chi connectivity index (χ3n) is 3.17. The third-order valence-corrected chi connectivity index (χ3v) is 3.96. The number of aromatic nitrogens is 1. The average molecular weight is 255 g/mol. The van der Waals surface area contributed by atoms with Crippen LogP contribution in [0.5, 0.6) is 0 Å². The molecule has 2 N–H and O–H groups in total. The summed E-state index contributed by atoms with van der Waals surface area (Å²) in [5.41, 5.74) is 1.70. The number of anilines is 1. The lowest BCUT2D eigenvalue weighted by Crippen LogP contribution is -2.34. The van der Waals surface area contributed by atoms with Crippen molar-refractivity contribution in [1.29, 1.82) is 0 Å². The molecule has 94 valence electrons. The molecule has 5 nitrogen and oxygen atoms in total. The van der Waals surface area contributed by atoms with E-state index in [9.17, 15) is 4.79 Å². The minimum Gasteiger partial charge on any atom is -0.476 e. The summed E-state index contributed by atoms with van der Waals surface area (Å²) >= 11 is 1.35. The van der Waals surface area contributed by atoms with Crippen molar-refractivity contribution in [2.75, 3.05) is 25.0 Å². The zero-order valence-corrected chi connectivity index (χ0v) is 10.7. The zero-order valence-electron chi connectivity index (χ0n) is 9.85. The van der Waals surface area contributed by atoms with Gasteiger partial charge in [0.1, 0.15) is 5.00 Å². The van der Waals surface area contributed by atoms with Crippen LogP contribution in [0.15, 0.2) is 5.51 Å². The van der Waals surface area contributed by atoms with Crippen molar-refractivity contribution in [3.05, 3.63) is 11.2 Å². The maximum atomic E-state index is 10.9. The molecule has 1 aromatic heterocycles. The summed E-state index contributed by atoms with van der Waals surface area (Å²) in [6.45, 7) is 5.17. The van der Waals surface area contributed by atoms with E-state index in [4.69, 9.17) is 5.11 Å². The molecule has 0 bridgehead atoms. The van der Waals surface area contributed by atoms with Crippen LogP contribution in [0.2, 0.25) is 0 Å². The molecule has 1 saturated heterocycles. The fourth-order valence-corrected chi connectivity index (χ4v) is 2.96. The lowest BCUT2D eigenvalue weighted by molar-refractivity contribution is 0.0692. The Balaban J connectivity index is 1.93. The largest absolute Gasteiger partial charge is 0.476 e. The number of carboxylic acid groups (broad SMARTS) is 1. The molecule has 0 aromatic carbocycles. The molecule has 1 aliphatic heterocycles. The lowest BCUT2D eigenvalue weighted by Gasteiger charge is -2.22. The van der Waals surface area contributed by atoms with E-state index in [-0.39, 0.29) is 5.69 Å². The average Bonchev–Trinajstić information content (AvgIpc) is 2.94. The van der Waals surface area contributed by atoms with Crippen LogP contribution in [0.1, 0.15) is 30.3 Å². The van der Waals surface area contributed by atoms with Gasteiger partial charge in [0.15, 0.2) is 5.69 Å². The minimum atomic E-state index is -0.965. The molecule has 0 saturated carbocycles. The maximum absolute atomic E-state index is 10.9. The summed E-state index contributed by atoms with van der Waals surface area (Å²) in [5.74, 6) is -0.965. The summed E-state index contributed by atoms with van der Waals surface area (Å²) in [5, 5.41) is 12.8. The molecular formula is C11H17N3O2S. The van der Waals surface area contributed by atoms with Crippen LogP contribution >= 0.6 is 11.3 Å². The first-order chi connectivity index (χ1) is 8.22. The van der Waals surface area contributed by atoms with Crippen LogP contribution in [0.3, 0.4) is 0 Å². The first kappa shape index (κ1) is 12.3. The van der Waals surface area contributed by atoms with Crippen LogP contribution in [0, 0.1) is 0 Å². The van der Waals surface area contributed by atoms with E-state index >= 15 is 0 Å². The second-order valence-corrected chi connectivity index (χ2v) is 5.00. The molecule has 1 unspecified atom stereocenters. The van der Waals surface area contributed by atoms with E-state index in [1.54, 1.807) is 5.51 Å². The Hall–Kier alpha value is -1.14. The van der Waals surface area contributed by atoms with Crippen LogP contribution in [0.4, 0.5) is 5.00 Å². The van der Waals surface area contributed by atoms with Gasteiger partial charge in [0.2, 0.25) is 0 Å². The number of nitrogens with one attached hydrogen (secondary N) is 1. The zero-order chi connectivity index (χ0) is 12.3. The maximum Gasteiger partial charge on any atom is 0.357 e. The van der Waals surface area contributed by atoms with E-state index < -0.39 is 5.97 Å². The van der Waals surface area contributed by atoms with Gasteiger partial charge in [-0.2, -0.15) is 0 Å². The number of aromatic carboxylic acids is 1. The SMILES string of the molecule is CCN1CCCC1CNc1scnc1C(=O)O. The normalized spacial score (nSPS) is 20.6. The van der Waals surface area contributed by atoms with Crippen molar-refractivity contribution < 1.29 is 9.90 Å². The van der Waals surface area contributed by atoms with Crippen LogP contribution in [0.25, 0.3) is 0 Å². The number of carbonyl (C=O) groups is 1. The third kappa shape index (κ3) is 2.76.